The summed E-state index contributed by atoms with van der Waals surface area (Å²) in [5.74, 6) is 0.493. The molecule has 2 fully saturated rings. The topological polar surface area (TPSA) is 23.6 Å². The summed E-state index contributed by atoms with van der Waals surface area (Å²) in [5, 5.41) is 2.14. The van der Waals surface area contributed by atoms with Crippen LogP contribution in [0.15, 0.2) is 91.0 Å². The standard InChI is InChI=1S/C28H29FN2O.C3H6/c29-25-10-8-22(9-11-25)23-14-17-30(18-15-23)16-12-21-13-19-31(20-21)28(32)27-7-3-5-24-4-1-2-6-26(24)27;1-3-2/h1-12,23H,13-20H2;3H,1H2,2H3. The first kappa shape index (κ1) is 24.9. The zero-order valence-electron chi connectivity index (χ0n) is 20.6. The van der Waals surface area contributed by atoms with Crippen LogP contribution in [-0.4, -0.2) is 48.4 Å². The van der Waals surface area contributed by atoms with Gasteiger partial charge >= 0.3 is 0 Å². The van der Waals surface area contributed by atoms with E-state index in [2.05, 4.69) is 29.7 Å². The molecule has 35 heavy (non-hydrogen) atoms. The normalized spacial score (nSPS) is 17.9. The molecule has 3 aromatic rings. The maximum Gasteiger partial charge on any atom is 0.254 e. The second kappa shape index (κ2) is 11.9. The second-order valence-corrected chi connectivity index (χ2v) is 9.40. The highest BCUT2D eigenvalue weighted by atomic mass is 19.1. The van der Waals surface area contributed by atoms with E-state index in [0.717, 1.165) is 68.3 Å². The van der Waals surface area contributed by atoms with Crippen LogP contribution in [0.25, 0.3) is 10.8 Å². The molecule has 2 aliphatic rings. The Morgan fingerprint density at radius 2 is 1.69 bits per heavy atom. The number of halogens is 1. The molecule has 0 aliphatic carbocycles. The van der Waals surface area contributed by atoms with Crippen molar-refractivity contribution in [3.05, 3.63) is 108 Å². The van der Waals surface area contributed by atoms with Crippen molar-refractivity contribution < 1.29 is 9.18 Å². The molecule has 0 spiro atoms. The molecule has 1 amide bonds. The van der Waals surface area contributed by atoms with E-state index >= 15 is 0 Å². The zero-order chi connectivity index (χ0) is 24.6. The van der Waals surface area contributed by atoms with Gasteiger partial charge in [-0.2, -0.15) is 0 Å². The molecule has 3 aromatic carbocycles. The second-order valence-electron chi connectivity index (χ2n) is 9.40. The number of fused-ring (bicyclic) bond motifs is 1. The lowest BCUT2D eigenvalue weighted by Crippen LogP contribution is -2.33. The van der Waals surface area contributed by atoms with E-state index in [0.29, 0.717) is 5.92 Å². The van der Waals surface area contributed by atoms with Gasteiger partial charge in [-0.1, -0.05) is 66.3 Å². The van der Waals surface area contributed by atoms with E-state index in [-0.39, 0.29) is 11.7 Å². The first-order valence-corrected chi connectivity index (χ1v) is 12.6. The number of benzene rings is 3. The molecule has 0 N–H and O–H groups in total. The molecule has 182 valence electrons. The van der Waals surface area contributed by atoms with Crippen LogP contribution in [0.1, 0.15) is 48.0 Å². The molecule has 2 saturated heterocycles. The molecular weight excluding hydrogens is 435 g/mol. The van der Waals surface area contributed by atoms with Crippen LogP contribution in [0.2, 0.25) is 0 Å². The largest absolute Gasteiger partial charge is 0.334 e. The average Bonchev–Trinajstić information content (AvgIpc) is 3.37. The van der Waals surface area contributed by atoms with Crippen molar-refractivity contribution in [2.24, 2.45) is 0 Å². The fourth-order valence-corrected chi connectivity index (χ4v) is 5.05. The van der Waals surface area contributed by atoms with Gasteiger partial charge in [0.25, 0.3) is 5.91 Å². The molecular formula is C31H35FN2O. The molecule has 5 rings (SSSR count). The first-order valence-electron chi connectivity index (χ1n) is 12.6. The Hall–Kier alpha value is -3.24. The summed E-state index contributed by atoms with van der Waals surface area (Å²) >= 11 is 0. The lowest BCUT2D eigenvalue weighted by atomic mass is 9.89. The number of hydrogen-bond acceptors (Lipinski definition) is 2. The highest BCUT2D eigenvalue weighted by Crippen LogP contribution is 2.28. The minimum Gasteiger partial charge on any atom is -0.334 e. The monoisotopic (exact) mass is 470 g/mol. The minimum atomic E-state index is -0.164. The summed E-state index contributed by atoms with van der Waals surface area (Å²) in [5.41, 5.74) is 3.41. The van der Waals surface area contributed by atoms with Crippen LogP contribution in [0.5, 0.6) is 0 Å². The van der Waals surface area contributed by atoms with Gasteiger partial charge in [0.2, 0.25) is 0 Å². The number of amides is 1. The van der Waals surface area contributed by atoms with Gasteiger partial charge in [-0.05, 0) is 79.7 Å². The summed E-state index contributed by atoms with van der Waals surface area (Å²) in [6, 6.07) is 21.1. The van der Waals surface area contributed by atoms with Gasteiger partial charge in [-0.15, -0.1) is 6.58 Å². The van der Waals surface area contributed by atoms with Gasteiger partial charge in [0.05, 0.1) is 0 Å². The third-order valence-electron chi connectivity index (χ3n) is 6.97. The predicted molar refractivity (Wildman–Crippen MR) is 143 cm³/mol. The van der Waals surface area contributed by atoms with Gasteiger partial charge in [0.1, 0.15) is 5.82 Å². The third kappa shape index (κ3) is 6.26. The Labute approximate surface area is 208 Å². The predicted octanol–water partition coefficient (Wildman–Crippen LogP) is 6.82. The molecule has 0 saturated carbocycles. The molecule has 3 nitrogen and oxygen atoms in total. The van der Waals surface area contributed by atoms with Crippen molar-refractivity contribution in [1.29, 1.82) is 0 Å². The molecule has 0 bridgehead atoms. The van der Waals surface area contributed by atoms with Crippen LogP contribution >= 0.6 is 0 Å². The number of hydrogen-bond donors (Lipinski definition) is 0. The lowest BCUT2D eigenvalue weighted by Gasteiger charge is -2.31. The molecule has 0 atom stereocenters. The molecule has 0 aromatic heterocycles. The van der Waals surface area contributed by atoms with E-state index in [9.17, 15) is 9.18 Å². The van der Waals surface area contributed by atoms with Crippen LogP contribution in [0, 0.1) is 5.82 Å². The summed E-state index contributed by atoms with van der Waals surface area (Å²) in [6.45, 7) is 9.84. The number of allylic oxidation sites excluding steroid dienone is 1. The minimum absolute atomic E-state index is 0.130. The summed E-state index contributed by atoms with van der Waals surface area (Å²) in [4.78, 5) is 17.6. The van der Waals surface area contributed by atoms with Gasteiger partial charge in [0, 0.05) is 25.2 Å². The fourth-order valence-electron chi connectivity index (χ4n) is 5.05. The Morgan fingerprint density at radius 3 is 2.43 bits per heavy atom. The van der Waals surface area contributed by atoms with Crippen molar-refractivity contribution >= 4 is 16.7 Å². The number of likely N-dealkylation sites (tertiary alicyclic amines) is 2. The molecule has 2 aliphatic heterocycles. The van der Waals surface area contributed by atoms with Crippen LogP contribution in [0.4, 0.5) is 4.39 Å². The van der Waals surface area contributed by atoms with E-state index in [1.807, 2.05) is 54.3 Å². The Morgan fingerprint density at radius 1 is 1.00 bits per heavy atom. The molecule has 4 heteroatoms. The summed E-state index contributed by atoms with van der Waals surface area (Å²) in [7, 11) is 0. The van der Waals surface area contributed by atoms with Crippen LogP contribution < -0.4 is 0 Å². The lowest BCUT2D eigenvalue weighted by molar-refractivity contribution is 0.0798. The van der Waals surface area contributed by atoms with Crippen molar-refractivity contribution in [3.63, 3.8) is 0 Å². The third-order valence-corrected chi connectivity index (χ3v) is 6.97. The Kier molecular flexibility index (Phi) is 8.49. The number of piperidine rings is 1. The van der Waals surface area contributed by atoms with Crippen molar-refractivity contribution in [1.82, 2.24) is 9.80 Å². The van der Waals surface area contributed by atoms with Gasteiger partial charge < -0.3 is 4.90 Å². The number of carbonyl (C=O) groups excluding carboxylic acids is 1. The van der Waals surface area contributed by atoms with E-state index in [1.54, 1.807) is 18.2 Å². The van der Waals surface area contributed by atoms with Crippen LogP contribution in [-0.2, 0) is 0 Å². The van der Waals surface area contributed by atoms with E-state index in [4.69, 9.17) is 0 Å². The number of carbonyl (C=O) groups is 1. The molecule has 0 unspecified atom stereocenters. The Balaban J connectivity index is 0.000000917. The highest BCUT2D eigenvalue weighted by molar-refractivity contribution is 6.07. The zero-order valence-corrected chi connectivity index (χ0v) is 20.6. The average molecular weight is 471 g/mol. The van der Waals surface area contributed by atoms with Gasteiger partial charge in [0.15, 0.2) is 0 Å². The smallest absolute Gasteiger partial charge is 0.254 e. The first-order chi connectivity index (χ1) is 17.1. The van der Waals surface area contributed by atoms with Crippen LogP contribution in [0.3, 0.4) is 0 Å². The molecule has 2 heterocycles. The van der Waals surface area contributed by atoms with Crippen molar-refractivity contribution in [3.8, 4) is 0 Å². The SMILES string of the molecule is C=CC.O=C(c1cccc2ccccc12)N1CCC(=CCN2CCC(c3ccc(F)cc3)CC2)C1. The summed E-state index contributed by atoms with van der Waals surface area (Å²) < 4.78 is 13.2. The maximum atomic E-state index is 13.2. The quantitative estimate of drug-likeness (QED) is 0.391. The van der Waals surface area contributed by atoms with E-state index in [1.165, 1.54) is 11.1 Å². The number of rotatable bonds is 4. The highest BCUT2D eigenvalue weighted by Gasteiger charge is 2.25. The van der Waals surface area contributed by atoms with Crippen molar-refractivity contribution in [2.45, 2.75) is 32.1 Å². The maximum absolute atomic E-state index is 13.2. The van der Waals surface area contributed by atoms with E-state index < -0.39 is 0 Å². The van der Waals surface area contributed by atoms with Gasteiger partial charge in [-0.25, -0.2) is 4.39 Å². The van der Waals surface area contributed by atoms with Gasteiger partial charge in [-0.3, -0.25) is 9.69 Å². The fraction of sp³-hybridized carbons (Fsp3) is 0.323. The Bertz CT molecular complexity index is 1170. The summed E-state index contributed by atoms with van der Waals surface area (Å²) in [6.07, 6.45) is 7.26. The number of nitrogens with zero attached hydrogens (tertiary/aromatic N) is 2. The van der Waals surface area contributed by atoms with Crippen molar-refractivity contribution in [2.75, 3.05) is 32.7 Å². The molecule has 0 radical (unpaired) electrons.